The third-order valence-corrected chi connectivity index (χ3v) is 5.73. The van der Waals surface area contributed by atoms with Gasteiger partial charge in [0.05, 0.1) is 6.20 Å². The van der Waals surface area contributed by atoms with Crippen LogP contribution in [0.4, 0.5) is 15.1 Å². The molecule has 7 heteroatoms. The lowest BCUT2D eigenvalue weighted by molar-refractivity contribution is 0.0492. The van der Waals surface area contributed by atoms with Crippen LogP contribution in [0.5, 0.6) is 0 Å². The van der Waals surface area contributed by atoms with E-state index in [1.807, 2.05) is 39.0 Å². The van der Waals surface area contributed by atoms with Gasteiger partial charge in [-0.05, 0) is 76.8 Å². The van der Waals surface area contributed by atoms with Gasteiger partial charge in [-0.3, -0.25) is 0 Å². The van der Waals surface area contributed by atoms with E-state index < -0.39 is 11.4 Å². The maximum absolute atomic E-state index is 14.5. The summed E-state index contributed by atoms with van der Waals surface area (Å²) in [6, 6.07) is 8.30. The van der Waals surface area contributed by atoms with Crippen LogP contribution in [0, 0.1) is 5.82 Å². The summed E-state index contributed by atoms with van der Waals surface area (Å²) in [4.78, 5) is 20.6. The number of rotatable bonds is 5. The lowest BCUT2D eigenvalue weighted by atomic mass is 9.91. The van der Waals surface area contributed by atoms with Crippen molar-refractivity contribution in [2.45, 2.75) is 82.9 Å². The fourth-order valence-electron chi connectivity index (χ4n) is 4.03. The normalized spacial score (nSPS) is 21.4. The third-order valence-electron chi connectivity index (χ3n) is 5.73. The number of ether oxygens (including phenoxy) is 1. The number of aromatic nitrogens is 2. The standard InChI is InChI=1S/C24H31FN4O2/c1-24(2,3)31-23(30)28-19-11-9-18(10-12-19)27-22-26-14-20(25)21(29-22)17-6-4-5-16(13-17)15-7-8-15/h4-6,13-15,18-19H,7-12H2,1-3H3,(H,28,30)(H,26,27,29)/t18-,19-. The zero-order valence-corrected chi connectivity index (χ0v) is 18.5. The van der Waals surface area contributed by atoms with E-state index in [4.69, 9.17) is 4.74 Å². The molecule has 0 aliphatic heterocycles. The van der Waals surface area contributed by atoms with Gasteiger partial charge in [-0.2, -0.15) is 0 Å². The van der Waals surface area contributed by atoms with E-state index in [1.165, 1.54) is 24.6 Å². The van der Waals surface area contributed by atoms with Crippen LogP contribution < -0.4 is 10.6 Å². The summed E-state index contributed by atoms with van der Waals surface area (Å²) in [7, 11) is 0. The summed E-state index contributed by atoms with van der Waals surface area (Å²) >= 11 is 0. The SMILES string of the molecule is CC(C)(C)OC(=O)N[C@H]1CC[C@H](Nc2ncc(F)c(-c3cccc(C4CC4)c3)n2)CC1. The highest BCUT2D eigenvalue weighted by Crippen LogP contribution is 2.41. The molecule has 1 aromatic heterocycles. The van der Waals surface area contributed by atoms with E-state index in [2.05, 4.69) is 26.7 Å². The monoisotopic (exact) mass is 426 g/mol. The van der Waals surface area contributed by atoms with Crippen LogP contribution in [0.3, 0.4) is 0 Å². The molecular weight excluding hydrogens is 395 g/mol. The Kier molecular flexibility index (Phi) is 6.12. The lowest BCUT2D eigenvalue weighted by Crippen LogP contribution is -2.42. The quantitative estimate of drug-likeness (QED) is 0.669. The van der Waals surface area contributed by atoms with Gasteiger partial charge in [0.2, 0.25) is 5.95 Å². The molecule has 4 rings (SSSR count). The lowest BCUT2D eigenvalue weighted by Gasteiger charge is -2.30. The van der Waals surface area contributed by atoms with Gasteiger partial charge in [0.1, 0.15) is 11.3 Å². The van der Waals surface area contributed by atoms with Crippen LogP contribution in [0.2, 0.25) is 0 Å². The van der Waals surface area contributed by atoms with Crippen molar-refractivity contribution < 1.29 is 13.9 Å². The molecule has 0 atom stereocenters. The number of carbonyl (C=O) groups excluding carboxylic acids is 1. The molecular formula is C24H31FN4O2. The Morgan fingerprint density at radius 1 is 1.10 bits per heavy atom. The predicted molar refractivity (Wildman–Crippen MR) is 118 cm³/mol. The minimum atomic E-state index is -0.501. The summed E-state index contributed by atoms with van der Waals surface area (Å²) in [5.41, 5.74) is 1.87. The number of benzene rings is 1. The van der Waals surface area contributed by atoms with Crippen LogP contribution in [0.1, 0.15) is 70.8 Å². The molecule has 2 aliphatic rings. The van der Waals surface area contributed by atoms with E-state index in [0.717, 1.165) is 31.2 Å². The molecule has 6 nitrogen and oxygen atoms in total. The van der Waals surface area contributed by atoms with E-state index in [0.29, 0.717) is 17.6 Å². The van der Waals surface area contributed by atoms with Gasteiger partial charge in [-0.25, -0.2) is 19.2 Å². The highest BCUT2D eigenvalue weighted by atomic mass is 19.1. The van der Waals surface area contributed by atoms with Crippen molar-refractivity contribution in [1.82, 2.24) is 15.3 Å². The molecule has 0 bridgehead atoms. The van der Waals surface area contributed by atoms with Crippen molar-refractivity contribution in [3.63, 3.8) is 0 Å². The fourth-order valence-corrected chi connectivity index (χ4v) is 4.03. The molecule has 0 radical (unpaired) electrons. The minimum Gasteiger partial charge on any atom is -0.444 e. The Hall–Kier alpha value is -2.70. The number of hydrogen-bond donors (Lipinski definition) is 2. The van der Waals surface area contributed by atoms with Crippen LogP contribution in [-0.4, -0.2) is 33.7 Å². The van der Waals surface area contributed by atoms with E-state index >= 15 is 0 Å². The zero-order chi connectivity index (χ0) is 22.0. The van der Waals surface area contributed by atoms with Crippen molar-refractivity contribution in [1.29, 1.82) is 0 Å². The smallest absolute Gasteiger partial charge is 0.407 e. The molecule has 2 N–H and O–H groups in total. The van der Waals surface area contributed by atoms with E-state index in [9.17, 15) is 9.18 Å². The Labute approximate surface area is 183 Å². The largest absolute Gasteiger partial charge is 0.444 e. The van der Waals surface area contributed by atoms with E-state index in [1.54, 1.807) is 0 Å². The number of carbonyl (C=O) groups is 1. The second-order valence-electron chi connectivity index (χ2n) is 9.63. The number of halogens is 1. The summed E-state index contributed by atoms with van der Waals surface area (Å²) in [5.74, 6) is 0.632. The van der Waals surface area contributed by atoms with Crippen molar-refractivity contribution in [2.75, 3.05) is 5.32 Å². The van der Waals surface area contributed by atoms with Crippen LogP contribution in [0.25, 0.3) is 11.3 Å². The Morgan fingerprint density at radius 3 is 2.48 bits per heavy atom. The van der Waals surface area contributed by atoms with Gasteiger partial charge in [0, 0.05) is 17.6 Å². The molecule has 1 heterocycles. The summed E-state index contributed by atoms with van der Waals surface area (Å²) < 4.78 is 19.8. The first kappa shape index (κ1) is 21.5. The maximum Gasteiger partial charge on any atom is 0.407 e. The molecule has 2 aliphatic carbocycles. The van der Waals surface area contributed by atoms with Gasteiger partial charge in [0.15, 0.2) is 5.82 Å². The summed E-state index contributed by atoms with van der Waals surface area (Å²) in [6.07, 6.45) is 6.69. The molecule has 166 valence electrons. The second kappa shape index (κ2) is 8.81. The van der Waals surface area contributed by atoms with E-state index in [-0.39, 0.29) is 18.2 Å². The van der Waals surface area contributed by atoms with Gasteiger partial charge < -0.3 is 15.4 Å². The van der Waals surface area contributed by atoms with Crippen molar-refractivity contribution >= 4 is 12.0 Å². The molecule has 0 unspecified atom stereocenters. The minimum absolute atomic E-state index is 0.0998. The first-order valence-corrected chi connectivity index (χ1v) is 11.2. The highest BCUT2D eigenvalue weighted by molar-refractivity contribution is 5.68. The average molecular weight is 427 g/mol. The highest BCUT2D eigenvalue weighted by Gasteiger charge is 2.26. The topological polar surface area (TPSA) is 76.1 Å². The molecule has 0 spiro atoms. The first-order valence-electron chi connectivity index (χ1n) is 11.2. The maximum atomic E-state index is 14.5. The van der Waals surface area contributed by atoms with Crippen LogP contribution in [0.15, 0.2) is 30.5 Å². The molecule has 2 aromatic rings. The molecule has 1 aromatic carbocycles. The summed E-state index contributed by atoms with van der Waals surface area (Å²) in [6.45, 7) is 5.56. The van der Waals surface area contributed by atoms with Gasteiger partial charge >= 0.3 is 6.09 Å². The number of anilines is 1. The Morgan fingerprint density at radius 2 is 1.81 bits per heavy atom. The van der Waals surface area contributed by atoms with Crippen LogP contribution in [-0.2, 0) is 4.74 Å². The fraction of sp³-hybridized carbons (Fsp3) is 0.542. The zero-order valence-electron chi connectivity index (χ0n) is 18.5. The number of nitrogens with zero attached hydrogens (tertiary/aromatic N) is 2. The van der Waals surface area contributed by atoms with Gasteiger partial charge in [-0.15, -0.1) is 0 Å². The van der Waals surface area contributed by atoms with Gasteiger partial charge in [-0.1, -0.05) is 18.2 Å². The van der Waals surface area contributed by atoms with Crippen molar-refractivity contribution in [3.05, 3.63) is 41.8 Å². The molecule has 2 saturated carbocycles. The first-order chi connectivity index (χ1) is 14.8. The van der Waals surface area contributed by atoms with Gasteiger partial charge in [0.25, 0.3) is 0 Å². The van der Waals surface area contributed by atoms with Crippen molar-refractivity contribution in [2.24, 2.45) is 0 Å². The molecule has 31 heavy (non-hydrogen) atoms. The summed E-state index contributed by atoms with van der Waals surface area (Å²) in [5, 5.41) is 6.29. The molecule has 2 fully saturated rings. The van der Waals surface area contributed by atoms with Crippen LogP contribution >= 0.6 is 0 Å². The number of hydrogen-bond acceptors (Lipinski definition) is 5. The number of amides is 1. The third kappa shape index (κ3) is 5.93. The molecule has 1 amide bonds. The Bertz CT molecular complexity index is 931. The Balaban J connectivity index is 1.35. The second-order valence-corrected chi connectivity index (χ2v) is 9.63. The number of nitrogens with one attached hydrogen (secondary N) is 2. The number of alkyl carbamates (subject to hydrolysis) is 1. The predicted octanol–water partition coefficient (Wildman–Crippen LogP) is 5.41. The average Bonchev–Trinajstić information content (AvgIpc) is 3.55. The molecule has 0 saturated heterocycles. The van der Waals surface area contributed by atoms with Crippen molar-refractivity contribution in [3.8, 4) is 11.3 Å².